The molecule has 3 rings (SSSR count). The van der Waals surface area contributed by atoms with E-state index in [1.54, 1.807) is 6.07 Å². The van der Waals surface area contributed by atoms with Gasteiger partial charge in [0.15, 0.2) is 0 Å². The Morgan fingerprint density at radius 3 is 2.79 bits per heavy atom. The van der Waals surface area contributed by atoms with Crippen molar-refractivity contribution in [3.8, 4) is 11.3 Å². The zero-order valence-electron chi connectivity index (χ0n) is 13.5. The zero-order valence-corrected chi connectivity index (χ0v) is 13.5. The summed E-state index contributed by atoms with van der Waals surface area (Å²) in [4.78, 5) is 11.2. The lowest BCUT2D eigenvalue weighted by molar-refractivity contribution is 0.1000. The first-order chi connectivity index (χ1) is 11.6. The maximum Gasteiger partial charge on any atom is 0.248 e. The van der Waals surface area contributed by atoms with Crippen LogP contribution in [-0.4, -0.2) is 16.1 Å². The number of aromatic nitrogens is 2. The third kappa shape index (κ3) is 3.70. The molecular formula is C19H20N4O. The molecule has 5 heteroatoms. The molecule has 0 spiro atoms. The van der Waals surface area contributed by atoms with E-state index in [2.05, 4.69) is 40.6 Å². The van der Waals surface area contributed by atoms with E-state index in [9.17, 15) is 4.79 Å². The maximum atomic E-state index is 11.2. The molecule has 0 fully saturated rings. The average Bonchev–Trinajstić information content (AvgIpc) is 3.04. The van der Waals surface area contributed by atoms with E-state index >= 15 is 0 Å². The van der Waals surface area contributed by atoms with Crippen molar-refractivity contribution in [2.45, 2.75) is 20.0 Å². The summed E-state index contributed by atoms with van der Waals surface area (Å²) in [5, 5.41) is 10.6. The summed E-state index contributed by atoms with van der Waals surface area (Å²) < 4.78 is 0. The number of rotatable bonds is 6. The number of carbonyl (C=O) groups is 1. The predicted octanol–water partition coefficient (Wildman–Crippen LogP) is 2.77. The number of hydrogen-bond acceptors (Lipinski definition) is 3. The molecule has 122 valence electrons. The van der Waals surface area contributed by atoms with Crippen LogP contribution in [-0.2, 0) is 13.1 Å². The molecule has 2 aromatic carbocycles. The molecule has 0 unspecified atom stereocenters. The van der Waals surface area contributed by atoms with Crippen LogP contribution in [0.4, 0.5) is 0 Å². The molecule has 3 aromatic rings. The third-order valence-electron chi connectivity index (χ3n) is 3.88. The highest BCUT2D eigenvalue weighted by Gasteiger charge is 2.08. The zero-order chi connectivity index (χ0) is 16.9. The first kappa shape index (κ1) is 16.0. The summed E-state index contributed by atoms with van der Waals surface area (Å²) in [7, 11) is 0. The van der Waals surface area contributed by atoms with Crippen LogP contribution in [0.2, 0.25) is 0 Å². The lowest BCUT2D eigenvalue weighted by Gasteiger charge is -2.07. The van der Waals surface area contributed by atoms with Gasteiger partial charge in [0.05, 0.1) is 11.9 Å². The van der Waals surface area contributed by atoms with Crippen LogP contribution < -0.4 is 11.1 Å². The van der Waals surface area contributed by atoms with Crippen LogP contribution in [0.15, 0.2) is 54.7 Å². The summed E-state index contributed by atoms with van der Waals surface area (Å²) in [6.45, 7) is 3.41. The number of aromatic amines is 1. The Labute approximate surface area is 140 Å². The van der Waals surface area contributed by atoms with Crippen LogP contribution >= 0.6 is 0 Å². The minimum absolute atomic E-state index is 0.409. The Bertz CT molecular complexity index is 854. The number of nitrogens with one attached hydrogen (secondary N) is 2. The van der Waals surface area contributed by atoms with Gasteiger partial charge in [0.2, 0.25) is 5.91 Å². The SMILES string of the molecule is Cc1cccc(-c2[nH]ncc2CNCc2cccc(C(N)=O)c2)c1. The molecule has 24 heavy (non-hydrogen) atoms. The molecule has 0 saturated carbocycles. The second-order valence-corrected chi connectivity index (χ2v) is 5.81. The molecular weight excluding hydrogens is 300 g/mol. The van der Waals surface area contributed by atoms with Crippen molar-refractivity contribution in [1.82, 2.24) is 15.5 Å². The van der Waals surface area contributed by atoms with Crippen LogP contribution in [0.25, 0.3) is 11.3 Å². The number of nitrogens with zero attached hydrogens (tertiary/aromatic N) is 1. The smallest absolute Gasteiger partial charge is 0.248 e. The van der Waals surface area contributed by atoms with E-state index in [4.69, 9.17) is 5.73 Å². The summed E-state index contributed by atoms with van der Waals surface area (Å²) in [6, 6.07) is 15.7. The van der Waals surface area contributed by atoms with Crippen molar-refractivity contribution >= 4 is 5.91 Å². The lowest BCUT2D eigenvalue weighted by Crippen LogP contribution is -2.15. The molecule has 4 N–H and O–H groups in total. The molecule has 1 amide bonds. The highest BCUT2D eigenvalue weighted by Crippen LogP contribution is 2.21. The van der Waals surface area contributed by atoms with Gasteiger partial charge in [-0.3, -0.25) is 9.89 Å². The van der Waals surface area contributed by atoms with Gasteiger partial charge in [0.25, 0.3) is 0 Å². The van der Waals surface area contributed by atoms with Crippen LogP contribution in [0.1, 0.15) is 27.0 Å². The normalized spacial score (nSPS) is 10.7. The number of nitrogens with two attached hydrogens (primary N) is 1. The van der Waals surface area contributed by atoms with Gasteiger partial charge in [-0.25, -0.2) is 0 Å². The van der Waals surface area contributed by atoms with E-state index in [1.807, 2.05) is 30.5 Å². The largest absolute Gasteiger partial charge is 0.366 e. The van der Waals surface area contributed by atoms with Crippen LogP contribution in [0.3, 0.4) is 0 Å². The summed E-state index contributed by atoms with van der Waals surface area (Å²) in [6.07, 6.45) is 1.84. The minimum Gasteiger partial charge on any atom is -0.366 e. The van der Waals surface area contributed by atoms with Crippen molar-refractivity contribution in [2.24, 2.45) is 5.73 Å². The van der Waals surface area contributed by atoms with Gasteiger partial charge in [-0.15, -0.1) is 0 Å². The molecule has 0 radical (unpaired) electrons. The van der Waals surface area contributed by atoms with Gasteiger partial charge in [0, 0.05) is 29.8 Å². The fourth-order valence-corrected chi connectivity index (χ4v) is 2.67. The molecule has 0 bridgehead atoms. The van der Waals surface area contributed by atoms with Gasteiger partial charge in [-0.2, -0.15) is 5.10 Å². The van der Waals surface area contributed by atoms with Gasteiger partial charge < -0.3 is 11.1 Å². The van der Waals surface area contributed by atoms with Crippen LogP contribution in [0.5, 0.6) is 0 Å². The number of benzene rings is 2. The Morgan fingerprint density at radius 2 is 2.00 bits per heavy atom. The van der Waals surface area contributed by atoms with E-state index < -0.39 is 5.91 Å². The van der Waals surface area contributed by atoms with E-state index in [-0.39, 0.29) is 0 Å². The Morgan fingerprint density at radius 1 is 1.17 bits per heavy atom. The maximum absolute atomic E-state index is 11.2. The van der Waals surface area contributed by atoms with Crippen molar-refractivity contribution in [3.63, 3.8) is 0 Å². The second-order valence-electron chi connectivity index (χ2n) is 5.81. The Kier molecular flexibility index (Phi) is 4.72. The van der Waals surface area contributed by atoms with Gasteiger partial charge in [0.1, 0.15) is 0 Å². The van der Waals surface area contributed by atoms with Gasteiger partial charge >= 0.3 is 0 Å². The highest BCUT2D eigenvalue weighted by molar-refractivity contribution is 5.92. The summed E-state index contributed by atoms with van der Waals surface area (Å²) in [5.74, 6) is -0.409. The fraction of sp³-hybridized carbons (Fsp3) is 0.158. The quantitative estimate of drug-likeness (QED) is 0.653. The van der Waals surface area contributed by atoms with Crippen molar-refractivity contribution < 1.29 is 4.79 Å². The van der Waals surface area contributed by atoms with Crippen LogP contribution in [0, 0.1) is 6.92 Å². The summed E-state index contributed by atoms with van der Waals surface area (Å²) >= 11 is 0. The Balaban J connectivity index is 1.67. The number of aryl methyl sites for hydroxylation is 1. The number of hydrogen-bond donors (Lipinski definition) is 3. The average molecular weight is 320 g/mol. The molecule has 0 saturated heterocycles. The minimum atomic E-state index is -0.409. The second kappa shape index (κ2) is 7.10. The number of H-pyrrole nitrogens is 1. The number of amides is 1. The van der Waals surface area contributed by atoms with E-state index in [0.29, 0.717) is 18.7 Å². The first-order valence-electron chi connectivity index (χ1n) is 7.82. The number of carbonyl (C=O) groups excluding carboxylic acids is 1. The predicted molar refractivity (Wildman–Crippen MR) is 94.3 cm³/mol. The first-order valence-corrected chi connectivity index (χ1v) is 7.82. The third-order valence-corrected chi connectivity index (χ3v) is 3.88. The van der Waals surface area contributed by atoms with E-state index in [0.717, 1.165) is 22.4 Å². The molecule has 0 atom stereocenters. The summed E-state index contributed by atoms with van der Waals surface area (Å²) in [5.41, 5.74) is 11.3. The molecule has 0 aliphatic carbocycles. The Hall–Kier alpha value is -2.92. The molecule has 5 nitrogen and oxygen atoms in total. The monoisotopic (exact) mass is 320 g/mol. The standard InChI is InChI=1S/C19H20N4O/c1-13-4-2-6-15(8-13)18-17(12-22-23-18)11-21-10-14-5-3-7-16(9-14)19(20)24/h2-9,12,21H,10-11H2,1H3,(H2,20,24)(H,22,23). The molecule has 1 aromatic heterocycles. The highest BCUT2D eigenvalue weighted by atomic mass is 16.1. The van der Waals surface area contributed by atoms with Gasteiger partial charge in [-0.05, 0) is 30.7 Å². The fourth-order valence-electron chi connectivity index (χ4n) is 2.67. The number of primary amides is 1. The molecule has 0 aliphatic heterocycles. The lowest BCUT2D eigenvalue weighted by atomic mass is 10.1. The molecule has 1 heterocycles. The van der Waals surface area contributed by atoms with Gasteiger partial charge in [-0.1, -0.05) is 35.9 Å². The topological polar surface area (TPSA) is 83.8 Å². The molecule has 0 aliphatic rings. The van der Waals surface area contributed by atoms with E-state index in [1.165, 1.54) is 5.56 Å². The van der Waals surface area contributed by atoms with Crippen molar-refractivity contribution in [1.29, 1.82) is 0 Å². The van der Waals surface area contributed by atoms with Crippen molar-refractivity contribution in [3.05, 3.63) is 77.0 Å². The van der Waals surface area contributed by atoms with Crippen molar-refractivity contribution in [2.75, 3.05) is 0 Å².